The molecule has 0 aromatic carbocycles. The zero-order chi connectivity index (χ0) is 10.9. The van der Waals surface area contributed by atoms with Gasteiger partial charge in [-0.2, -0.15) is 5.10 Å². The van der Waals surface area contributed by atoms with Crippen LogP contribution in [0.4, 0.5) is 0 Å². The summed E-state index contributed by atoms with van der Waals surface area (Å²) >= 11 is 3.37. The van der Waals surface area contributed by atoms with Gasteiger partial charge in [-0.3, -0.25) is 4.68 Å². The van der Waals surface area contributed by atoms with Crippen molar-refractivity contribution in [1.29, 1.82) is 0 Å². The van der Waals surface area contributed by atoms with E-state index in [0.29, 0.717) is 6.04 Å². The standard InChI is InChI=1S/C10H16BrN3O/c1-8(13-10(7-15)2-3-10)5-14-6-9(11)4-12-14/h4,6,8,13,15H,2-3,5,7H2,1H3. The molecule has 2 N–H and O–H groups in total. The quantitative estimate of drug-likeness (QED) is 0.846. The third-order valence-corrected chi connectivity index (χ3v) is 3.18. The van der Waals surface area contributed by atoms with E-state index in [1.54, 1.807) is 6.20 Å². The molecular formula is C10H16BrN3O. The highest BCUT2D eigenvalue weighted by molar-refractivity contribution is 9.10. The van der Waals surface area contributed by atoms with Crippen molar-refractivity contribution in [3.63, 3.8) is 0 Å². The number of hydrogen-bond acceptors (Lipinski definition) is 3. The molecule has 1 fully saturated rings. The molecule has 2 rings (SSSR count). The summed E-state index contributed by atoms with van der Waals surface area (Å²) in [5.74, 6) is 0. The molecule has 0 spiro atoms. The maximum atomic E-state index is 9.18. The maximum absolute atomic E-state index is 9.18. The molecule has 0 amide bonds. The number of nitrogens with zero attached hydrogens (tertiary/aromatic N) is 2. The van der Waals surface area contributed by atoms with E-state index >= 15 is 0 Å². The summed E-state index contributed by atoms with van der Waals surface area (Å²) in [4.78, 5) is 0. The van der Waals surface area contributed by atoms with Crippen molar-refractivity contribution in [3.05, 3.63) is 16.9 Å². The van der Waals surface area contributed by atoms with Crippen molar-refractivity contribution >= 4 is 15.9 Å². The van der Waals surface area contributed by atoms with E-state index in [-0.39, 0.29) is 12.1 Å². The smallest absolute Gasteiger partial charge is 0.0632 e. The normalized spacial score (nSPS) is 20.2. The molecule has 15 heavy (non-hydrogen) atoms. The minimum atomic E-state index is 0.00377. The summed E-state index contributed by atoms with van der Waals surface area (Å²) in [6.07, 6.45) is 5.90. The van der Waals surface area contributed by atoms with Crippen LogP contribution >= 0.6 is 15.9 Å². The fraction of sp³-hybridized carbons (Fsp3) is 0.700. The molecule has 4 nitrogen and oxygen atoms in total. The Hall–Kier alpha value is -0.390. The summed E-state index contributed by atoms with van der Waals surface area (Å²) in [6, 6.07) is 0.325. The maximum Gasteiger partial charge on any atom is 0.0632 e. The fourth-order valence-electron chi connectivity index (χ4n) is 1.79. The molecule has 5 heteroatoms. The first kappa shape index (κ1) is 11.1. The number of aliphatic hydroxyl groups excluding tert-OH is 1. The number of aromatic nitrogens is 2. The second kappa shape index (κ2) is 4.23. The molecule has 0 aliphatic heterocycles. The monoisotopic (exact) mass is 273 g/mol. The van der Waals surface area contributed by atoms with Crippen LogP contribution in [0.2, 0.25) is 0 Å². The second-order valence-electron chi connectivity index (χ2n) is 4.36. The van der Waals surface area contributed by atoms with Gasteiger partial charge in [-0.1, -0.05) is 0 Å². The molecule has 0 bridgehead atoms. The van der Waals surface area contributed by atoms with Gasteiger partial charge in [-0.05, 0) is 35.7 Å². The van der Waals surface area contributed by atoms with E-state index in [4.69, 9.17) is 0 Å². The molecule has 0 radical (unpaired) electrons. The van der Waals surface area contributed by atoms with Crippen molar-refractivity contribution in [2.75, 3.05) is 6.61 Å². The minimum absolute atomic E-state index is 0.00377. The average Bonchev–Trinajstić information content (AvgIpc) is 2.84. The Labute approximate surface area is 97.8 Å². The van der Waals surface area contributed by atoms with Crippen molar-refractivity contribution in [1.82, 2.24) is 15.1 Å². The first-order valence-corrected chi connectivity index (χ1v) is 5.99. The van der Waals surface area contributed by atoms with Gasteiger partial charge in [0.05, 0.1) is 23.8 Å². The fourth-order valence-corrected chi connectivity index (χ4v) is 2.11. The number of aliphatic hydroxyl groups is 1. The molecule has 1 unspecified atom stereocenters. The van der Waals surface area contributed by atoms with Gasteiger partial charge in [0.1, 0.15) is 0 Å². The highest BCUT2D eigenvalue weighted by atomic mass is 79.9. The molecule has 1 aromatic rings. The second-order valence-corrected chi connectivity index (χ2v) is 5.28. The molecular weight excluding hydrogens is 258 g/mol. The summed E-state index contributed by atoms with van der Waals surface area (Å²) in [5, 5.41) is 16.8. The molecule has 1 heterocycles. The van der Waals surface area contributed by atoms with Crippen LogP contribution in [0.1, 0.15) is 19.8 Å². The first-order chi connectivity index (χ1) is 7.13. The van der Waals surface area contributed by atoms with E-state index in [1.807, 2.05) is 10.9 Å². The Morgan fingerprint density at radius 1 is 1.73 bits per heavy atom. The zero-order valence-electron chi connectivity index (χ0n) is 8.78. The van der Waals surface area contributed by atoms with Crippen molar-refractivity contribution in [3.8, 4) is 0 Å². The van der Waals surface area contributed by atoms with E-state index in [1.165, 1.54) is 0 Å². The molecule has 1 atom stereocenters. The Morgan fingerprint density at radius 2 is 2.47 bits per heavy atom. The molecule has 1 aliphatic rings. The average molecular weight is 274 g/mol. The van der Waals surface area contributed by atoms with Crippen LogP contribution in [-0.2, 0) is 6.54 Å². The highest BCUT2D eigenvalue weighted by Crippen LogP contribution is 2.35. The van der Waals surface area contributed by atoms with E-state index in [9.17, 15) is 5.11 Å². The SMILES string of the molecule is CC(Cn1cc(Br)cn1)NC1(CO)CC1. The Kier molecular flexibility index (Phi) is 3.13. The van der Waals surface area contributed by atoms with Gasteiger partial charge in [0.25, 0.3) is 0 Å². The van der Waals surface area contributed by atoms with Gasteiger partial charge in [0.2, 0.25) is 0 Å². The number of hydrogen-bond donors (Lipinski definition) is 2. The third-order valence-electron chi connectivity index (χ3n) is 2.77. The van der Waals surface area contributed by atoms with Crippen molar-refractivity contribution in [2.45, 2.75) is 37.9 Å². The topological polar surface area (TPSA) is 50.1 Å². The van der Waals surface area contributed by atoms with Crippen molar-refractivity contribution < 1.29 is 5.11 Å². The zero-order valence-corrected chi connectivity index (χ0v) is 10.4. The number of nitrogens with one attached hydrogen (secondary N) is 1. The van der Waals surface area contributed by atoms with Gasteiger partial charge in [-0.15, -0.1) is 0 Å². The van der Waals surface area contributed by atoms with Crippen LogP contribution in [-0.4, -0.2) is 33.1 Å². The first-order valence-electron chi connectivity index (χ1n) is 5.20. The van der Waals surface area contributed by atoms with E-state index < -0.39 is 0 Å². The third kappa shape index (κ3) is 2.80. The van der Waals surface area contributed by atoms with Gasteiger partial charge in [-0.25, -0.2) is 0 Å². The van der Waals surface area contributed by atoms with Gasteiger partial charge in [0.15, 0.2) is 0 Å². The molecule has 1 saturated carbocycles. The highest BCUT2D eigenvalue weighted by Gasteiger charge is 2.42. The van der Waals surface area contributed by atoms with Crippen LogP contribution in [0.15, 0.2) is 16.9 Å². The predicted octanol–water partition coefficient (Wildman–Crippen LogP) is 1.15. The lowest BCUT2D eigenvalue weighted by molar-refractivity contribution is 0.215. The van der Waals surface area contributed by atoms with Crippen LogP contribution in [0, 0.1) is 0 Å². The van der Waals surface area contributed by atoms with Gasteiger partial charge >= 0.3 is 0 Å². The summed E-state index contributed by atoms with van der Waals surface area (Å²) < 4.78 is 2.90. The van der Waals surface area contributed by atoms with Crippen molar-refractivity contribution in [2.24, 2.45) is 0 Å². The Bertz CT molecular complexity index is 335. The summed E-state index contributed by atoms with van der Waals surface area (Å²) in [7, 11) is 0. The van der Waals surface area contributed by atoms with Crippen LogP contribution < -0.4 is 5.32 Å². The summed E-state index contributed by atoms with van der Waals surface area (Å²) in [6.45, 7) is 3.18. The number of rotatable bonds is 5. The van der Waals surface area contributed by atoms with Gasteiger partial charge in [0, 0.05) is 17.8 Å². The molecule has 84 valence electrons. The Morgan fingerprint density at radius 3 is 2.93 bits per heavy atom. The predicted molar refractivity (Wildman–Crippen MR) is 61.6 cm³/mol. The van der Waals surface area contributed by atoms with E-state index in [2.05, 4.69) is 33.3 Å². The lowest BCUT2D eigenvalue weighted by Gasteiger charge is -2.20. The molecule has 1 aromatic heterocycles. The lowest BCUT2D eigenvalue weighted by Crippen LogP contribution is -2.43. The molecule has 1 aliphatic carbocycles. The number of halogens is 1. The van der Waals surface area contributed by atoms with Gasteiger partial charge < -0.3 is 10.4 Å². The minimum Gasteiger partial charge on any atom is -0.394 e. The summed E-state index contributed by atoms with van der Waals surface area (Å²) in [5.41, 5.74) is 0.00377. The van der Waals surface area contributed by atoms with Crippen LogP contribution in [0.25, 0.3) is 0 Å². The largest absolute Gasteiger partial charge is 0.394 e. The van der Waals surface area contributed by atoms with Crippen LogP contribution in [0.3, 0.4) is 0 Å². The van der Waals surface area contributed by atoms with Crippen LogP contribution in [0.5, 0.6) is 0 Å². The molecule has 0 saturated heterocycles. The van der Waals surface area contributed by atoms with E-state index in [0.717, 1.165) is 23.9 Å². The Balaban J connectivity index is 1.84. The lowest BCUT2D eigenvalue weighted by atomic mass is 10.2.